The average molecular weight is 390 g/mol. The van der Waals surface area contributed by atoms with Crippen LogP contribution in [0.15, 0.2) is 42.5 Å². The standard InChI is InChI=1S/C20H24ClN3O3/c1-3-24(4-2)20(27)15-6-8-16(9-7-15)23-19(26)12-22-18-11-14(13-25)5-10-17(18)21/h5-11,22,25H,3-4,12-13H2,1-2H3,(H,23,26). The van der Waals surface area contributed by atoms with Crippen molar-refractivity contribution >= 4 is 34.8 Å². The maximum Gasteiger partial charge on any atom is 0.253 e. The maximum atomic E-state index is 12.3. The number of carbonyl (C=O) groups excluding carboxylic acids is 2. The lowest BCUT2D eigenvalue weighted by molar-refractivity contribution is -0.114. The van der Waals surface area contributed by atoms with E-state index in [1.807, 2.05) is 13.8 Å². The molecule has 0 spiro atoms. The van der Waals surface area contributed by atoms with Gasteiger partial charge in [-0.2, -0.15) is 0 Å². The Bertz CT molecular complexity index is 790. The van der Waals surface area contributed by atoms with Crippen LogP contribution in [0.4, 0.5) is 11.4 Å². The molecule has 2 aromatic rings. The Hall–Kier alpha value is -2.57. The molecule has 0 aliphatic heterocycles. The van der Waals surface area contributed by atoms with Gasteiger partial charge in [0.1, 0.15) is 0 Å². The van der Waals surface area contributed by atoms with E-state index in [-0.39, 0.29) is 25.0 Å². The first kappa shape index (κ1) is 20.7. The van der Waals surface area contributed by atoms with E-state index in [1.165, 1.54) is 0 Å². The normalized spacial score (nSPS) is 10.4. The summed E-state index contributed by atoms with van der Waals surface area (Å²) in [4.78, 5) is 26.2. The number of nitrogens with one attached hydrogen (secondary N) is 2. The minimum atomic E-state index is -0.247. The Morgan fingerprint density at radius 3 is 2.33 bits per heavy atom. The lowest BCUT2D eigenvalue weighted by Crippen LogP contribution is -2.30. The summed E-state index contributed by atoms with van der Waals surface area (Å²) < 4.78 is 0. The minimum absolute atomic E-state index is 0.0226. The van der Waals surface area contributed by atoms with Crippen LogP contribution in [0.3, 0.4) is 0 Å². The van der Waals surface area contributed by atoms with Gasteiger partial charge in [-0.15, -0.1) is 0 Å². The van der Waals surface area contributed by atoms with Crippen LogP contribution in [0, 0.1) is 0 Å². The van der Waals surface area contributed by atoms with E-state index in [0.29, 0.717) is 40.6 Å². The molecule has 7 heteroatoms. The number of rotatable bonds is 8. The number of halogens is 1. The molecular formula is C20H24ClN3O3. The van der Waals surface area contributed by atoms with Gasteiger partial charge in [-0.1, -0.05) is 17.7 Å². The molecule has 0 fully saturated rings. The number of aliphatic hydroxyl groups is 1. The van der Waals surface area contributed by atoms with E-state index < -0.39 is 0 Å². The zero-order valence-corrected chi connectivity index (χ0v) is 16.2. The van der Waals surface area contributed by atoms with Crippen molar-refractivity contribution in [2.75, 3.05) is 30.3 Å². The quantitative estimate of drug-likeness (QED) is 0.646. The highest BCUT2D eigenvalue weighted by atomic mass is 35.5. The second-order valence-corrected chi connectivity index (χ2v) is 6.34. The minimum Gasteiger partial charge on any atom is -0.392 e. The van der Waals surface area contributed by atoms with Crippen molar-refractivity contribution in [3.63, 3.8) is 0 Å². The maximum absolute atomic E-state index is 12.3. The Labute approximate surface area is 164 Å². The van der Waals surface area contributed by atoms with Crippen molar-refractivity contribution < 1.29 is 14.7 Å². The summed E-state index contributed by atoms with van der Waals surface area (Å²) >= 11 is 6.08. The van der Waals surface area contributed by atoms with Crippen LogP contribution >= 0.6 is 11.6 Å². The molecule has 27 heavy (non-hydrogen) atoms. The van der Waals surface area contributed by atoms with Crippen LogP contribution < -0.4 is 10.6 Å². The topological polar surface area (TPSA) is 81.7 Å². The van der Waals surface area contributed by atoms with Gasteiger partial charge < -0.3 is 20.6 Å². The van der Waals surface area contributed by atoms with Crippen molar-refractivity contribution in [2.24, 2.45) is 0 Å². The second kappa shape index (κ2) is 9.94. The molecule has 0 saturated carbocycles. The second-order valence-electron chi connectivity index (χ2n) is 5.93. The van der Waals surface area contributed by atoms with Crippen LogP contribution in [-0.4, -0.2) is 41.5 Å². The Morgan fingerprint density at radius 2 is 1.74 bits per heavy atom. The van der Waals surface area contributed by atoms with Gasteiger partial charge in [0.15, 0.2) is 0 Å². The van der Waals surface area contributed by atoms with Gasteiger partial charge in [0, 0.05) is 24.3 Å². The van der Waals surface area contributed by atoms with Crippen LogP contribution in [0.5, 0.6) is 0 Å². The van der Waals surface area contributed by atoms with Gasteiger partial charge in [0.2, 0.25) is 5.91 Å². The zero-order valence-electron chi connectivity index (χ0n) is 15.5. The lowest BCUT2D eigenvalue weighted by Gasteiger charge is -2.18. The van der Waals surface area contributed by atoms with E-state index in [9.17, 15) is 14.7 Å². The molecule has 0 bridgehead atoms. The Kier molecular flexibility index (Phi) is 7.64. The van der Waals surface area contributed by atoms with Gasteiger partial charge in [-0.05, 0) is 55.8 Å². The van der Waals surface area contributed by atoms with Gasteiger partial charge in [0.25, 0.3) is 5.91 Å². The molecule has 0 unspecified atom stereocenters. The van der Waals surface area contributed by atoms with E-state index in [2.05, 4.69) is 10.6 Å². The predicted octanol–water partition coefficient (Wildman–Crippen LogP) is 3.36. The van der Waals surface area contributed by atoms with E-state index in [1.54, 1.807) is 47.4 Å². The molecule has 0 aromatic heterocycles. The Morgan fingerprint density at radius 1 is 1.07 bits per heavy atom. The molecule has 2 amide bonds. The summed E-state index contributed by atoms with van der Waals surface area (Å²) in [7, 11) is 0. The number of aliphatic hydroxyl groups excluding tert-OH is 1. The largest absolute Gasteiger partial charge is 0.392 e. The van der Waals surface area contributed by atoms with Crippen molar-refractivity contribution in [2.45, 2.75) is 20.5 Å². The monoisotopic (exact) mass is 389 g/mol. The molecule has 3 N–H and O–H groups in total. The van der Waals surface area contributed by atoms with Gasteiger partial charge in [-0.3, -0.25) is 9.59 Å². The van der Waals surface area contributed by atoms with Crippen molar-refractivity contribution in [1.29, 1.82) is 0 Å². The molecule has 0 aliphatic rings. The van der Waals surface area contributed by atoms with Crippen LogP contribution in [0.1, 0.15) is 29.8 Å². The predicted molar refractivity (Wildman–Crippen MR) is 108 cm³/mol. The molecule has 0 radical (unpaired) electrons. The molecule has 0 aliphatic carbocycles. The summed E-state index contributed by atoms with van der Waals surface area (Å²) in [5.74, 6) is -0.277. The molecule has 6 nitrogen and oxygen atoms in total. The molecule has 2 rings (SSSR count). The van der Waals surface area contributed by atoms with Gasteiger partial charge >= 0.3 is 0 Å². The van der Waals surface area contributed by atoms with Crippen molar-refractivity contribution in [3.8, 4) is 0 Å². The fourth-order valence-electron chi connectivity index (χ4n) is 2.58. The first-order valence-electron chi connectivity index (χ1n) is 8.80. The number of anilines is 2. The van der Waals surface area contributed by atoms with E-state index in [0.717, 1.165) is 0 Å². The summed E-state index contributed by atoms with van der Waals surface area (Å²) in [6, 6.07) is 11.9. The highest BCUT2D eigenvalue weighted by molar-refractivity contribution is 6.33. The number of benzene rings is 2. The molecule has 0 heterocycles. The van der Waals surface area contributed by atoms with Gasteiger partial charge in [-0.25, -0.2) is 0 Å². The van der Waals surface area contributed by atoms with E-state index >= 15 is 0 Å². The average Bonchev–Trinajstić information content (AvgIpc) is 2.68. The number of hydrogen-bond donors (Lipinski definition) is 3. The number of hydrogen-bond acceptors (Lipinski definition) is 4. The molecule has 144 valence electrons. The lowest BCUT2D eigenvalue weighted by atomic mass is 10.1. The van der Waals surface area contributed by atoms with Crippen molar-refractivity contribution in [3.05, 3.63) is 58.6 Å². The Balaban J connectivity index is 1.93. The molecular weight excluding hydrogens is 366 g/mol. The molecule has 2 aromatic carbocycles. The third kappa shape index (κ3) is 5.70. The van der Waals surface area contributed by atoms with Crippen molar-refractivity contribution in [1.82, 2.24) is 4.90 Å². The number of carbonyl (C=O) groups is 2. The molecule has 0 atom stereocenters. The third-order valence-corrected chi connectivity index (χ3v) is 4.45. The number of nitrogens with zero attached hydrogens (tertiary/aromatic N) is 1. The summed E-state index contributed by atoms with van der Waals surface area (Å²) in [6.45, 7) is 5.10. The van der Waals surface area contributed by atoms with Crippen LogP contribution in [0.25, 0.3) is 0 Å². The van der Waals surface area contributed by atoms with Crippen LogP contribution in [0.2, 0.25) is 5.02 Å². The van der Waals surface area contributed by atoms with E-state index in [4.69, 9.17) is 11.6 Å². The highest BCUT2D eigenvalue weighted by Crippen LogP contribution is 2.23. The first-order chi connectivity index (χ1) is 13.0. The highest BCUT2D eigenvalue weighted by Gasteiger charge is 2.12. The number of amides is 2. The first-order valence-corrected chi connectivity index (χ1v) is 9.18. The fourth-order valence-corrected chi connectivity index (χ4v) is 2.76. The summed E-state index contributed by atoms with van der Waals surface area (Å²) in [6.07, 6.45) is 0. The third-order valence-electron chi connectivity index (χ3n) is 4.12. The zero-order chi connectivity index (χ0) is 19.8. The summed E-state index contributed by atoms with van der Waals surface area (Å²) in [5, 5.41) is 15.4. The van der Waals surface area contributed by atoms with Gasteiger partial charge in [0.05, 0.1) is 23.9 Å². The van der Waals surface area contributed by atoms with Crippen LogP contribution in [-0.2, 0) is 11.4 Å². The molecule has 0 saturated heterocycles. The summed E-state index contributed by atoms with van der Waals surface area (Å²) in [5.41, 5.74) is 2.48. The fraction of sp³-hybridized carbons (Fsp3) is 0.300. The SMILES string of the molecule is CCN(CC)C(=O)c1ccc(NC(=O)CNc2cc(CO)ccc2Cl)cc1. The smallest absolute Gasteiger partial charge is 0.253 e.